The van der Waals surface area contributed by atoms with Gasteiger partial charge in [-0.05, 0) is 70.1 Å². The third kappa shape index (κ3) is 4.39. The number of likely N-dealkylation sites (tertiary alicyclic amines) is 1. The second-order valence-electron chi connectivity index (χ2n) is 6.51. The predicted octanol–water partition coefficient (Wildman–Crippen LogP) is 3.13. The molecule has 0 unspecified atom stereocenters. The number of rotatable bonds is 4. The molecule has 1 amide bonds. The van der Waals surface area contributed by atoms with Gasteiger partial charge in [0.2, 0.25) is 5.91 Å². The minimum absolute atomic E-state index is 0.0667. The van der Waals surface area contributed by atoms with E-state index in [9.17, 15) is 9.18 Å². The Labute approximate surface area is 147 Å². The molecule has 3 rings (SSSR count). The first-order valence-corrected chi connectivity index (χ1v) is 8.63. The lowest BCUT2D eigenvalue weighted by Crippen LogP contribution is -2.45. The number of aryl methyl sites for hydroxylation is 1. The van der Waals surface area contributed by atoms with Gasteiger partial charge in [-0.15, -0.1) is 0 Å². The van der Waals surface area contributed by atoms with E-state index >= 15 is 0 Å². The van der Waals surface area contributed by atoms with Crippen LogP contribution in [0.2, 0.25) is 0 Å². The van der Waals surface area contributed by atoms with Crippen molar-refractivity contribution in [3.63, 3.8) is 0 Å². The summed E-state index contributed by atoms with van der Waals surface area (Å²) in [4.78, 5) is 23.3. The smallest absolute Gasteiger partial charge is 0.241 e. The van der Waals surface area contributed by atoms with Crippen LogP contribution in [0.1, 0.15) is 37.2 Å². The molecule has 1 aromatic carbocycles. The number of hydrogen-bond donors (Lipinski definition) is 1. The average molecular weight is 342 g/mol. The summed E-state index contributed by atoms with van der Waals surface area (Å²) in [7, 11) is 0. The molecule has 2 aromatic rings. The minimum Gasteiger partial charge on any atom is -0.325 e. The summed E-state index contributed by atoms with van der Waals surface area (Å²) in [5.41, 5.74) is 1.71. The van der Waals surface area contributed by atoms with E-state index in [-0.39, 0.29) is 17.8 Å². The lowest BCUT2D eigenvalue weighted by atomic mass is 9.92. The zero-order valence-corrected chi connectivity index (χ0v) is 14.6. The lowest BCUT2D eigenvalue weighted by Gasteiger charge is -2.35. The maximum absolute atomic E-state index is 12.9. The van der Waals surface area contributed by atoms with Gasteiger partial charge in [0.05, 0.1) is 6.04 Å². The fourth-order valence-electron chi connectivity index (χ4n) is 3.23. The number of anilines is 1. The van der Waals surface area contributed by atoms with E-state index in [1.807, 2.05) is 26.1 Å². The third-order valence-corrected chi connectivity index (χ3v) is 4.78. The number of aromatic nitrogens is 2. The molecule has 0 bridgehead atoms. The molecule has 1 N–H and O–H groups in total. The van der Waals surface area contributed by atoms with Crippen LogP contribution in [0.4, 0.5) is 10.1 Å². The van der Waals surface area contributed by atoms with Crippen LogP contribution in [-0.2, 0) is 4.79 Å². The van der Waals surface area contributed by atoms with Gasteiger partial charge in [-0.25, -0.2) is 14.4 Å². The van der Waals surface area contributed by atoms with E-state index in [0.29, 0.717) is 11.6 Å². The molecule has 0 aliphatic carbocycles. The largest absolute Gasteiger partial charge is 0.325 e. The molecule has 1 atom stereocenters. The Morgan fingerprint density at radius 3 is 2.56 bits per heavy atom. The second-order valence-corrected chi connectivity index (χ2v) is 6.51. The first kappa shape index (κ1) is 17.5. The molecule has 1 aromatic heterocycles. The molecule has 1 fully saturated rings. The second kappa shape index (κ2) is 7.70. The Balaban J connectivity index is 1.54. The Hall–Kier alpha value is -2.34. The monoisotopic (exact) mass is 342 g/mol. The number of benzene rings is 1. The fraction of sp³-hybridized carbons (Fsp3) is 0.421. The highest BCUT2D eigenvalue weighted by Crippen LogP contribution is 2.27. The molecule has 1 aliphatic heterocycles. The van der Waals surface area contributed by atoms with E-state index in [4.69, 9.17) is 0 Å². The molecule has 6 heteroatoms. The van der Waals surface area contributed by atoms with Gasteiger partial charge >= 0.3 is 0 Å². The predicted molar refractivity (Wildman–Crippen MR) is 94.8 cm³/mol. The van der Waals surface area contributed by atoms with Gasteiger partial charge in [0, 0.05) is 23.5 Å². The normalized spacial score (nSPS) is 17.2. The third-order valence-electron chi connectivity index (χ3n) is 4.78. The summed E-state index contributed by atoms with van der Waals surface area (Å²) in [6, 6.07) is 7.59. The van der Waals surface area contributed by atoms with Crippen molar-refractivity contribution in [2.45, 2.75) is 38.6 Å². The van der Waals surface area contributed by atoms with Gasteiger partial charge in [-0.2, -0.15) is 0 Å². The molecule has 132 valence electrons. The van der Waals surface area contributed by atoms with E-state index in [2.05, 4.69) is 20.2 Å². The topological polar surface area (TPSA) is 58.1 Å². The standard InChI is InChI=1S/C19H23FN4O/c1-13(19(25)23-17-5-3-16(20)4-6-17)24-11-8-15(9-12-24)18-7-10-21-14(2)22-18/h3-7,10,13,15H,8-9,11-12H2,1-2H3,(H,23,25)/t13-/m1/s1. The highest BCUT2D eigenvalue weighted by Gasteiger charge is 2.27. The average Bonchev–Trinajstić information content (AvgIpc) is 2.63. The quantitative estimate of drug-likeness (QED) is 0.927. The van der Waals surface area contributed by atoms with Crippen molar-refractivity contribution in [1.82, 2.24) is 14.9 Å². The fourth-order valence-corrected chi connectivity index (χ4v) is 3.23. The van der Waals surface area contributed by atoms with Crippen LogP contribution >= 0.6 is 0 Å². The Kier molecular flexibility index (Phi) is 5.38. The number of nitrogens with one attached hydrogen (secondary N) is 1. The first-order chi connectivity index (χ1) is 12.0. The van der Waals surface area contributed by atoms with Gasteiger partial charge < -0.3 is 5.32 Å². The molecule has 0 saturated carbocycles. The van der Waals surface area contributed by atoms with Gasteiger partial charge in [0.15, 0.2) is 0 Å². The number of piperidine rings is 1. The highest BCUT2D eigenvalue weighted by atomic mass is 19.1. The number of nitrogens with zero attached hydrogens (tertiary/aromatic N) is 3. The highest BCUT2D eigenvalue weighted by molar-refractivity contribution is 5.94. The van der Waals surface area contributed by atoms with Gasteiger partial charge in [0.1, 0.15) is 11.6 Å². The van der Waals surface area contributed by atoms with Gasteiger partial charge in [-0.1, -0.05) is 0 Å². The summed E-state index contributed by atoms with van der Waals surface area (Å²) in [5.74, 6) is 0.841. The molecular weight excluding hydrogens is 319 g/mol. The van der Waals surface area contributed by atoms with Crippen molar-refractivity contribution in [1.29, 1.82) is 0 Å². The number of amides is 1. The number of carbonyl (C=O) groups is 1. The summed E-state index contributed by atoms with van der Waals surface area (Å²) < 4.78 is 12.9. The van der Waals surface area contributed by atoms with Crippen LogP contribution < -0.4 is 5.32 Å². The van der Waals surface area contributed by atoms with E-state index in [0.717, 1.165) is 37.4 Å². The van der Waals surface area contributed by atoms with Crippen LogP contribution in [0.25, 0.3) is 0 Å². The SMILES string of the molecule is Cc1nccc(C2CCN([C@H](C)C(=O)Nc3ccc(F)cc3)CC2)n1. The summed E-state index contributed by atoms with van der Waals surface area (Å²) in [5, 5.41) is 2.85. The minimum atomic E-state index is -0.312. The van der Waals surface area contributed by atoms with Crippen LogP contribution in [0.15, 0.2) is 36.5 Å². The summed E-state index contributed by atoms with van der Waals surface area (Å²) in [6.07, 6.45) is 3.76. The summed E-state index contributed by atoms with van der Waals surface area (Å²) >= 11 is 0. The van der Waals surface area contributed by atoms with Crippen LogP contribution in [-0.4, -0.2) is 39.9 Å². The van der Waals surface area contributed by atoms with Crippen molar-refractivity contribution in [2.24, 2.45) is 0 Å². The van der Waals surface area contributed by atoms with Crippen molar-refractivity contribution in [3.8, 4) is 0 Å². The van der Waals surface area contributed by atoms with Gasteiger partial charge in [0.25, 0.3) is 0 Å². The van der Waals surface area contributed by atoms with Crippen molar-refractivity contribution in [2.75, 3.05) is 18.4 Å². The van der Waals surface area contributed by atoms with E-state index < -0.39 is 0 Å². The molecule has 1 aliphatic rings. The molecule has 0 radical (unpaired) electrons. The van der Waals surface area contributed by atoms with Gasteiger partial charge in [-0.3, -0.25) is 9.69 Å². The molecule has 1 saturated heterocycles. The molecule has 5 nitrogen and oxygen atoms in total. The molecule has 25 heavy (non-hydrogen) atoms. The molecular formula is C19H23FN4O. The van der Waals surface area contributed by atoms with Crippen LogP contribution in [0, 0.1) is 12.7 Å². The number of halogens is 1. The maximum Gasteiger partial charge on any atom is 0.241 e. The van der Waals surface area contributed by atoms with E-state index in [1.54, 1.807) is 12.1 Å². The lowest BCUT2D eigenvalue weighted by molar-refractivity contribution is -0.121. The van der Waals surface area contributed by atoms with Crippen LogP contribution in [0.5, 0.6) is 0 Å². The number of carbonyl (C=O) groups excluding carboxylic acids is 1. The zero-order valence-electron chi connectivity index (χ0n) is 14.6. The number of hydrogen-bond acceptors (Lipinski definition) is 4. The Morgan fingerprint density at radius 2 is 1.92 bits per heavy atom. The molecule has 2 heterocycles. The zero-order chi connectivity index (χ0) is 17.8. The van der Waals surface area contributed by atoms with Crippen molar-refractivity contribution < 1.29 is 9.18 Å². The summed E-state index contributed by atoms with van der Waals surface area (Å²) in [6.45, 7) is 5.52. The van der Waals surface area contributed by atoms with Crippen molar-refractivity contribution in [3.05, 3.63) is 53.9 Å². The van der Waals surface area contributed by atoms with Crippen molar-refractivity contribution >= 4 is 11.6 Å². The Morgan fingerprint density at radius 1 is 1.24 bits per heavy atom. The van der Waals surface area contributed by atoms with Crippen LogP contribution in [0.3, 0.4) is 0 Å². The van der Waals surface area contributed by atoms with E-state index in [1.165, 1.54) is 12.1 Å². The molecule has 0 spiro atoms. The first-order valence-electron chi connectivity index (χ1n) is 8.63. The maximum atomic E-state index is 12.9. The Bertz CT molecular complexity index is 726.